The minimum absolute atomic E-state index is 0.0282. The number of hydrogen-bond acceptors (Lipinski definition) is 4. The number of aromatic amines is 1. The zero-order valence-corrected chi connectivity index (χ0v) is 17.2. The number of aromatic nitrogens is 2. The number of aromatic hydroxyl groups is 1. The minimum Gasteiger partial charge on any atom is -0.508 e. The summed E-state index contributed by atoms with van der Waals surface area (Å²) in [5.74, 6) is 0.143. The molecule has 0 saturated carbocycles. The van der Waals surface area contributed by atoms with Gasteiger partial charge in [0.1, 0.15) is 11.6 Å². The second-order valence-corrected chi connectivity index (χ2v) is 8.30. The Hall–Kier alpha value is -2.96. The Kier molecular flexibility index (Phi) is 4.49. The number of H-pyrrole nitrogens is 1. The molecule has 30 heavy (non-hydrogen) atoms. The molecular formula is C22H17Cl2N3O3. The van der Waals surface area contributed by atoms with Crippen LogP contribution in [0.4, 0.5) is 5.82 Å². The quantitative estimate of drug-likeness (QED) is 0.535. The Labute approximate surface area is 181 Å². The summed E-state index contributed by atoms with van der Waals surface area (Å²) in [5.41, 5.74) is 2.75. The van der Waals surface area contributed by atoms with E-state index in [9.17, 15) is 14.7 Å². The summed E-state index contributed by atoms with van der Waals surface area (Å²) in [6, 6.07) is 11.5. The normalized spacial score (nSPS) is 18.1. The second kappa shape index (κ2) is 7.07. The van der Waals surface area contributed by atoms with Crippen molar-refractivity contribution in [3.05, 3.63) is 85.3 Å². The van der Waals surface area contributed by atoms with Crippen LogP contribution in [0.1, 0.15) is 36.3 Å². The van der Waals surface area contributed by atoms with E-state index in [1.165, 1.54) is 4.68 Å². The summed E-state index contributed by atoms with van der Waals surface area (Å²) in [7, 11) is 0. The Morgan fingerprint density at radius 3 is 2.57 bits per heavy atom. The van der Waals surface area contributed by atoms with Crippen LogP contribution in [0, 0.1) is 0 Å². The highest BCUT2D eigenvalue weighted by atomic mass is 35.5. The van der Waals surface area contributed by atoms with Crippen molar-refractivity contribution in [3.8, 4) is 11.4 Å². The van der Waals surface area contributed by atoms with Crippen LogP contribution in [0.25, 0.3) is 5.69 Å². The fourth-order valence-corrected chi connectivity index (χ4v) is 4.63. The molecule has 0 radical (unpaired) electrons. The van der Waals surface area contributed by atoms with Crippen molar-refractivity contribution >= 4 is 34.8 Å². The molecule has 6 nitrogen and oxygen atoms in total. The van der Waals surface area contributed by atoms with Crippen LogP contribution in [0.15, 0.2) is 58.5 Å². The van der Waals surface area contributed by atoms with Gasteiger partial charge in [0.25, 0.3) is 5.56 Å². The van der Waals surface area contributed by atoms with Gasteiger partial charge in [-0.05, 0) is 48.7 Å². The molecule has 2 aromatic carbocycles. The molecule has 3 N–H and O–H groups in total. The van der Waals surface area contributed by atoms with Crippen molar-refractivity contribution < 1.29 is 9.90 Å². The number of carbonyl (C=O) groups is 1. The Morgan fingerprint density at radius 2 is 1.80 bits per heavy atom. The number of allylic oxidation sites excluding steroid dienone is 2. The number of nitrogens with zero attached hydrogens (tertiary/aromatic N) is 1. The van der Waals surface area contributed by atoms with Crippen LogP contribution in [0.3, 0.4) is 0 Å². The number of carbonyl (C=O) groups excluding carboxylic acids is 1. The van der Waals surface area contributed by atoms with Crippen molar-refractivity contribution in [3.63, 3.8) is 0 Å². The zero-order valence-electron chi connectivity index (χ0n) is 15.7. The first-order valence-corrected chi connectivity index (χ1v) is 10.3. The third kappa shape index (κ3) is 2.95. The van der Waals surface area contributed by atoms with Crippen molar-refractivity contribution in [2.24, 2.45) is 0 Å². The molecule has 1 aromatic heterocycles. The number of rotatable bonds is 2. The van der Waals surface area contributed by atoms with E-state index in [-0.39, 0.29) is 17.1 Å². The van der Waals surface area contributed by atoms with Crippen LogP contribution >= 0.6 is 23.2 Å². The van der Waals surface area contributed by atoms with Crippen LogP contribution in [-0.2, 0) is 4.79 Å². The van der Waals surface area contributed by atoms with Gasteiger partial charge in [-0.2, -0.15) is 0 Å². The van der Waals surface area contributed by atoms with Crippen molar-refractivity contribution in [1.29, 1.82) is 0 Å². The van der Waals surface area contributed by atoms with Gasteiger partial charge in [-0.1, -0.05) is 35.3 Å². The maximum Gasteiger partial charge on any atom is 0.277 e. The summed E-state index contributed by atoms with van der Waals surface area (Å²) in [6.07, 6.45) is 1.93. The average Bonchev–Trinajstić information content (AvgIpc) is 3.05. The number of hydrogen-bond donors (Lipinski definition) is 3. The van der Waals surface area contributed by atoms with Crippen molar-refractivity contribution in [1.82, 2.24) is 9.78 Å². The molecule has 5 rings (SSSR count). The number of benzene rings is 2. The van der Waals surface area contributed by atoms with E-state index in [1.807, 2.05) is 0 Å². The monoisotopic (exact) mass is 441 g/mol. The average molecular weight is 442 g/mol. The number of phenolic OH excluding ortho intramolecular Hbond substituents is 1. The van der Waals surface area contributed by atoms with Crippen LogP contribution < -0.4 is 10.9 Å². The first-order chi connectivity index (χ1) is 14.4. The molecule has 0 fully saturated rings. The summed E-state index contributed by atoms with van der Waals surface area (Å²) >= 11 is 12.5. The molecule has 0 unspecified atom stereocenters. The number of fused-ring (bicyclic) bond motifs is 1. The molecule has 1 aliphatic heterocycles. The van der Waals surface area contributed by atoms with Crippen LogP contribution in [-0.4, -0.2) is 20.7 Å². The van der Waals surface area contributed by atoms with Crippen molar-refractivity contribution in [2.75, 3.05) is 5.32 Å². The first kappa shape index (κ1) is 19.0. The summed E-state index contributed by atoms with van der Waals surface area (Å²) in [5, 5.41) is 16.9. The molecule has 0 amide bonds. The Bertz CT molecular complexity index is 1270. The van der Waals surface area contributed by atoms with Gasteiger partial charge in [0.05, 0.1) is 16.3 Å². The number of halogens is 2. The molecule has 1 atom stereocenters. The van der Waals surface area contributed by atoms with E-state index in [4.69, 9.17) is 23.2 Å². The lowest BCUT2D eigenvalue weighted by Crippen LogP contribution is -2.29. The number of anilines is 1. The lowest BCUT2D eigenvalue weighted by Gasteiger charge is -2.31. The summed E-state index contributed by atoms with van der Waals surface area (Å²) in [4.78, 5) is 26.4. The third-order valence-corrected chi connectivity index (χ3v) is 6.17. The molecule has 152 valence electrons. The maximum absolute atomic E-state index is 13.5. The highest BCUT2D eigenvalue weighted by Crippen LogP contribution is 2.44. The van der Waals surface area contributed by atoms with Gasteiger partial charge in [0.15, 0.2) is 5.78 Å². The van der Waals surface area contributed by atoms with E-state index >= 15 is 0 Å². The van der Waals surface area contributed by atoms with E-state index in [2.05, 4.69) is 10.4 Å². The molecule has 3 aromatic rings. The number of ketones is 1. The fraction of sp³-hybridized carbons (Fsp3) is 0.182. The van der Waals surface area contributed by atoms with Crippen molar-refractivity contribution in [2.45, 2.75) is 25.2 Å². The van der Waals surface area contributed by atoms with Gasteiger partial charge in [-0.15, -0.1) is 0 Å². The van der Waals surface area contributed by atoms with Crippen LogP contribution in [0.2, 0.25) is 10.0 Å². The SMILES string of the molecule is O=C1CCCC2=C1[C@H](c1ccc(O)cc1)c1c([nH]n(-c3cc(Cl)ccc3Cl)c1=O)N2. The van der Waals surface area contributed by atoms with Gasteiger partial charge in [0, 0.05) is 28.6 Å². The van der Waals surface area contributed by atoms with Gasteiger partial charge < -0.3 is 10.4 Å². The van der Waals surface area contributed by atoms with Gasteiger partial charge in [-0.3, -0.25) is 14.7 Å². The molecule has 2 heterocycles. The highest BCUT2D eigenvalue weighted by Gasteiger charge is 2.38. The Morgan fingerprint density at radius 1 is 1.03 bits per heavy atom. The lowest BCUT2D eigenvalue weighted by atomic mass is 9.77. The summed E-state index contributed by atoms with van der Waals surface area (Å²) < 4.78 is 1.35. The number of Topliss-reactive ketones (excluding diaryl/α,β-unsaturated/α-hetero) is 1. The predicted molar refractivity (Wildman–Crippen MR) is 116 cm³/mol. The van der Waals surface area contributed by atoms with E-state index < -0.39 is 5.92 Å². The number of nitrogens with one attached hydrogen (secondary N) is 2. The fourth-order valence-electron chi connectivity index (χ4n) is 4.26. The van der Waals surface area contributed by atoms with Gasteiger partial charge >= 0.3 is 0 Å². The maximum atomic E-state index is 13.5. The number of phenols is 1. The molecular weight excluding hydrogens is 425 g/mol. The zero-order chi connectivity index (χ0) is 21.0. The second-order valence-electron chi connectivity index (χ2n) is 7.46. The lowest BCUT2D eigenvalue weighted by molar-refractivity contribution is -0.116. The minimum atomic E-state index is -0.535. The highest BCUT2D eigenvalue weighted by molar-refractivity contribution is 6.34. The molecule has 1 aliphatic carbocycles. The molecule has 0 bridgehead atoms. The van der Waals surface area contributed by atoms with E-state index in [0.29, 0.717) is 39.1 Å². The molecule has 0 saturated heterocycles. The summed E-state index contributed by atoms with van der Waals surface area (Å²) in [6.45, 7) is 0. The van der Waals surface area contributed by atoms with E-state index in [1.54, 1.807) is 42.5 Å². The Balaban J connectivity index is 1.76. The standard InChI is InChI=1S/C22H17Cl2N3O3/c23-12-6-9-14(24)16(10-12)27-22(30)20-18(11-4-7-13(28)8-5-11)19-15(25-21(20)26-27)2-1-3-17(19)29/h4-10,18,25-26,28H,1-3H2/t18-/m0/s1. The smallest absolute Gasteiger partial charge is 0.277 e. The predicted octanol–water partition coefficient (Wildman–Crippen LogP) is 4.74. The largest absolute Gasteiger partial charge is 0.508 e. The first-order valence-electron chi connectivity index (χ1n) is 9.56. The van der Waals surface area contributed by atoms with Gasteiger partial charge in [-0.25, -0.2) is 4.68 Å². The molecule has 0 spiro atoms. The topological polar surface area (TPSA) is 87.1 Å². The van der Waals surface area contributed by atoms with E-state index in [0.717, 1.165) is 24.1 Å². The third-order valence-electron chi connectivity index (χ3n) is 5.61. The molecule has 8 heteroatoms. The molecule has 2 aliphatic rings. The van der Waals surface area contributed by atoms with Gasteiger partial charge in [0.2, 0.25) is 0 Å². The van der Waals surface area contributed by atoms with Crippen LogP contribution in [0.5, 0.6) is 5.75 Å².